The number of carbonyl (C=O) groups is 1. The van der Waals surface area contributed by atoms with E-state index in [2.05, 4.69) is 10.2 Å². The minimum Gasteiger partial charge on any atom is -0.396 e. The highest BCUT2D eigenvalue weighted by molar-refractivity contribution is 6.33. The van der Waals surface area contributed by atoms with Crippen LogP contribution >= 0.6 is 11.6 Å². The number of nitrogens with one attached hydrogen (secondary N) is 1. The molecule has 0 fully saturated rings. The van der Waals surface area contributed by atoms with Gasteiger partial charge in [0.25, 0.3) is 0 Å². The van der Waals surface area contributed by atoms with Crippen molar-refractivity contribution < 1.29 is 9.90 Å². The van der Waals surface area contributed by atoms with Gasteiger partial charge in [-0.15, -0.1) is 0 Å². The normalized spacial score (nSPS) is 10.7. The third kappa shape index (κ3) is 6.05. The van der Waals surface area contributed by atoms with Gasteiger partial charge in [-0.05, 0) is 25.1 Å². The molecular weight excluding hydrogens is 264 g/mol. The van der Waals surface area contributed by atoms with Gasteiger partial charge in [-0.25, -0.2) is 0 Å². The van der Waals surface area contributed by atoms with Gasteiger partial charge in [0.05, 0.1) is 10.7 Å². The summed E-state index contributed by atoms with van der Waals surface area (Å²) in [6.45, 7) is 4.60. The molecule has 0 saturated heterocycles. The maximum Gasteiger partial charge on any atom is 0.225 e. The van der Waals surface area contributed by atoms with Crippen molar-refractivity contribution in [1.29, 1.82) is 0 Å². The van der Waals surface area contributed by atoms with E-state index in [1.165, 1.54) is 0 Å². The lowest BCUT2D eigenvalue weighted by Gasteiger charge is -2.19. The van der Waals surface area contributed by atoms with Crippen LogP contribution in [0, 0.1) is 0 Å². The minimum absolute atomic E-state index is 0.0458. The second-order valence-electron chi connectivity index (χ2n) is 4.29. The standard InChI is InChI=1S/C14H21ClN2O2/c1-2-17(9-5-11-18)10-8-14(19)16-13-7-4-3-6-12(13)15/h3-4,6-7,18H,2,5,8-11H2,1H3,(H,16,19). The van der Waals surface area contributed by atoms with Crippen LogP contribution in [0.2, 0.25) is 5.02 Å². The topological polar surface area (TPSA) is 52.6 Å². The van der Waals surface area contributed by atoms with Crippen LogP contribution in [0.3, 0.4) is 0 Å². The molecule has 2 N–H and O–H groups in total. The summed E-state index contributed by atoms with van der Waals surface area (Å²) in [4.78, 5) is 14.0. The lowest BCUT2D eigenvalue weighted by atomic mass is 10.3. The Morgan fingerprint density at radius 1 is 1.37 bits per heavy atom. The lowest BCUT2D eigenvalue weighted by Crippen LogP contribution is -2.29. The maximum atomic E-state index is 11.8. The maximum absolute atomic E-state index is 11.8. The number of aliphatic hydroxyl groups excluding tert-OH is 1. The van der Waals surface area contributed by atoms with Gasteiger partial charge in [-0.2, -0.15) is 0 Å². The number of hydrogen-bond donors (Lipinski definition) is 2. The van der Waals surface area contributed by atoms with Crippen molar-refractivity contribution >= 4 is 23.2 Å². The molecule has 0 aliphatic carbocycles. The Kier molecular flexibility index (Phi) is 7.48. The molecule has 0 atom stereocenters. The average molecular weight is 285 g/mol. The van der Waals surface area contributed by atoms with E-state index in [1.54, 1.807) is 12.1 Å². The molecule has 1 aromatic rings. The fourth-order valence-corrected chi connectivity index (χ4v) is 1.94. The molecule has 1 rings (SSSR count). The van der Waals surface area contributed by atoms with Crippen LogP contribution in [-0.2, 0) is 4.79 Å². The van der Waals surface area contributed by atoms with Crippen molar-refractivity contribution in [3.63, 3.8) is 0 Å². The van der Waals surface area contributed by atoms with Gasteiger partial charge in [0.2, 0.25) is 5.91 Å². The summed E-state index contributed by atoms with van der Waals surface area (Å²) in [5.41, 5.74) is 0.646. The van der Waals surface area contributed by atoms with E-state index < -0.39 is 0 Å². The van der Waals surface area contributed by atoms with E-state index >= 15 is 0 Å². The van der Waals surface area contributed by atoms with Crippen LogP contribution in [0.25, 0.3) is 0 Å². The van der Waals surface area contributed by atoms with E-state index in [-0.39, 0.29) is 12.5 Å². The monoisotopic (exact) mass is 284 g/mol. The molecule has 106 valence electrons. The Bertz CT molecular complexity index is 399. The van der Waals surface area contributed by atoms with E-state index in [4.69, 9.17) is 16.7 Å². The van der Waals surface area contributed by atoms with Gasteiger partial charge in [0, 0.05) is 26.1 Å². The fraction of sp³-hybridized carbons (Fsp3) is 0.500. The summed E-state index contributed by atoms with van der Waals surface area (Å²) in [5, 5.41) is 12.1. The summed E-state index contributed by atoms with van der Waals surface area (Å²) in [6.07, 6.45) is 1.16. The predicted molar refractivity (Wildman–Crippen MR) is 78.5 cm³/mol. The Morgan fingerprint density at radius 2 is 2.11 bits per heavy atom. The smallest absolute Gasteiger partial charge is 0.225 e. The van der Waals surface area contributed by atoms with Gasteiger partial charge in [-0.1, -0.05) is 30.7 Å². The van der Waals surface area contributed by atoms with Gasteiger partial charge < -0.3 is 15.3 Å². The zero-order valence-electron chi connectivity index (χ0n) is 11.2. The van der Waals surface area contributed by atoms with Crippen LogP contribution in [0.4, 0.5) is 5.69 Å². The van der Waals surface area contributed by atoms with Crippen molar-refractivity contribution in [3.8, 4) is 0 Å². The molecule has 0 aliphatic heterocycles. The van der Waals surface area contributed by atoms with Crippen molar-refractivity contribution in [3.05, 3.63) is 29.3 Å². The first-order valence-corrected chi connectivity index (χ1v) is 6.92. The molecule has 0 heterocycles. The van der Waals surface area contributed by atoms with E-state index in [1.807, 2.05) is 19.1 Å². The molecule has 1 aromatic carbocycles. The van der Waals surface area contributed by atoms with E-state index in [9.17, 15) is 4.79 Å². The number of aliphatic hydroxyl groups is 1. The second-order valence-corrected chi connectivity index (χ2v) is 4.70. The summed E-state index contributed by atoms with van der Waals surface area (Å²) in [7, 11) is 0. The first-order chi connectivity index (χ1) is 9.17. The minimum atomic E-state index is -0.0458. The Labute approximate surface area is 119 Å². The zero-order chi connectivity index (χ0) is 14.1. The number of para-hydroxylation sites is 1. The van der Waals surface area contributed by atoms with Crippen LogP contribution in [0.1, 0.15) is 19.8 Å². The van der Waals surface area contributed by atoms with Gasteiger partial charge >= 0.3 is 0 Å². The molecular formula is C14H21ClN2O2. The number of hydrogen-bond acceptors (Lipinski definition) is 3. The lowest BCUT2D eigenvalue weighted by molar-refractivity contribution is -0.116. The Hall–Kier alpha value is -1.10. The van der Waals surface area contributed by atoms with E-state index in [0.717, 1.165) is 19.5 Å². The molecule has 0 aromatic heterocycles. The highest BCUT2D eigenvalue weighted by atomic mass is 35.5. The second kappa shape index (κ2) is 8.91. The third-order valence-electron chi connectivity index (χ3n) is 2.88. The number of halogens is 1. The molecule has 5 heteroatoms. The number of rotatable bonds is 8. The number of amides is 1. The number of carbonyl (C=O) groups excluding carboxylic acids is 1. The third-order valence-corrected chi connectivity index (χ3v) is 3.21. The Morgan fingerprint density at radius 3 is 2.74 bits per heavy atom. The highest BCUT2D eigenvalue weighted by Crippen LogP contribution is 2.20. The number of nitrogens with zero attached hydrogens (tertiary/aromatic N) is 1. The van der Waals surface area contributed by atoms with Crippen LogP contribution in [0.5, 0.6) is 0 Å². The van der Waals surface area contributed by atoms with Crippen LogP contribution < -0.4 is 5.32 Å². The molecule has 19 heavy (non-hydrogen) atoms. The molecule has 1 amide bonds. The van der Waals surface area contributed by atoms with Crippen molar-refractivity contribution in [2.45, 2.75) is 19.8 Å². The van der Waals surface area contributed by atoms with Crippen molar-refractivity contribution in [1.82, 2.24) is 4.90 Å². The SMILES string of the molecule is CCN(CCCO)CCC(=O)Nc1ccccc1Cl. The van der Waals surface area contributed by atoms with Gasteiger partial charge in [0.15, 0.2) is 0 Å². The van der Waals surface area contributed by atoms with Gasteiger partial charge in [-0.3, -0.25) is 4.79 Å². The van der Waals surface area contributed by atoms with Gasteiger partial charge in [0.1, 0.15) is 0 Å². The predicted octanol–water partition coefficient (Wildman–Crippen LogP) is 2.37. The largest absolute Gasteiger partial charge is 0.396 e. The molecule has 0 unspecified atom stereocenters. The van der Waals surface area contributed by atoms with Crippen LogP contribution in [-0.4, -0.2) is 42.2 Å². The summed E-state index contributed by atoms with van der Waals surface area (Å²) in [5.74, 6) is -0.0458. The molecule has 0 bridgehead atoms. The zero-order valence-corrected chi connectivity index (χ0v) is 12.0. The Balaban J connectivity index is 2.37. The summed E-state index contributed by atoms with van der Waals surface area (Å²) >= 11 is 5.97. The number of benzene rings is 1. The van der Waals surface area contributed by atoms with Crippen molar-refractivity contribution in [2.75, 3.05) is 31.6 Å². The molecule has 4 nitrogen and oxygen atoms in total. The average Bonchev–Trinajstić information content (AvgIpc) is 2.41. The first-order valence-electron chi connectivity index (χ1n) is 6.55. The highest BCUT2D eigenvalue weighted by Gasteiger charge is 2.08. The van der Waals surface area contributed by atoms with Crippen LogP contribution in [0.15, 0.2) is 24.3 Å². The molecule has 0 saturated carbocycles. The number of anilines is 1. The molecule has 0 spiro atoms. The molecule has 0 aliphatic rings. The first kappa shape index (κ1) is 16.0. The van der Waals surface area contributed by atoms with E-state index in [0.29, 0.717) is 23.7 Å². The summed E-state index contributed by atoms with van der Waals surface area (Å²) in [6, 6.07) is 7.19. The quantitative estimate of drug-likeness (QED) is 0.771. The molecule has 0 radical (unpaired) electrons. The van der Waals surface area contributed by atoms with Crippen molar-refractivity contribution in [2.24, 2.45) is 0 Å². The fourth-order valence-electron chi connectivity index (χ4n) is 1.76. The summed E-state index contributed by atoms with van der Waals surface area (Å²) < 4.78 is 0.